The van der Waals surface area contributed by atoms with Crippen molar-refractivity contribution in [2.45, 2.75) is 19.4 Å². The number of rotatable bonds is 7. The van der Waals surface area contributed by atoms with E-state index in [4.69, 9.17) is 21.3 Å². The fourth-order valence-corrected chi connectivity index (χ4v) is 5.18. The van der Waals surface area contributed by atoms with Crippen LogP contribution in [0.25, 0.3) is 16.9 Å². The molecule has 2 saturated heterocycles. The minimum Gasteiger partial charge on any atom is -0.495 e. The predicted molar refractivity (Wildman–Crippen MR) is 132 cm³/mol. The van der Waals surface area contributed by atoms with E-state index in [9.17, 15) is 5.11 Å². The molecular formula is C25H32ClN5O2. The van der Waals surface area contributed by atoms with Gasteiger partial charge in [0.05, 0.1) is 24.4 Å². The Balaban J connectivity index is 1.29. The van der Waals surface area contributed by atoms with E-state index in [-0.39, 0.29) is 6.61 Å². The van der Waals surface area contributed by atoms with E-state index < -0.39 is 0 Å². The van der Waals surface area contributed by atoms with Crippen molar-refractivity contribution in [2.75, 3.05) is 64.4 Å². The van der Waals surface area contributed by atoms with Crippen molar-refractivity contribution >= 4 is 22.9 Å². The number of piperazine rings is 1. The summed E-state index contributed by atoms with van der Waals surface area (Å²) in [6, 6.07) is 7.89. The van der Waals surface area contributed by atoms with Crippen molar-refractivity contribution in [3.05, 3.63) is 47.2 Å². The lowest BCUT2D eigenvalue weighted by molar-refractivity contribution is 0.215. The van der Waals surface area contributed by atoms with Crippen molar-refractivity contribution in [1.82, 2.24) is 19.2 Å². The highest BCUT2D eigenvalue weighted by Crippen LogP contribution is 2.34. The van der Waals surface area contributed by atoms with Gasteiger partial charge in [0.1, 0.15) is 11.4 Å². The molecule has 7 nitrogen and oxygen atoms in total. The van der Waals surface area contributed by atoms with Gasteiger partial charge in [-0.2, -0.15) is 0 Å². The van der Waals surface area contributed by atoms with Gasteiger partial charge in [0.2, 0.25) is 0 Å². The molecule has 0 aliphatic carbocycles. The molecule has 33 heavy (non-hydrogen) atoms. The summed E-state index contributed by atoms with van der Waals surface area (Å²) in [4.78, 5) is 12.5. The Labute approximate surface area is 200 Å². The molecule has 2 aromatic heterocycles. The molecule has 4 heterocycles. The van der Waals surface area contributed by atoms with Gasteiger partial charge in [-0.3, -0.25) is 4.90 Å². The Hall–Kier alpha value is -2.32. The fraction of sp³-hybridized carbons (Fsp3) is 0.480. The number of fused-ring (bicyclic) bond motifs is 1. The number of hydrogen-bond donors (Lipinski definition) is 1. The van der Waals surface area contributed by atoms with E-state index in [0.29, 0.717) is 10.8 Å². The highest BCUT2D eigenvalue weighted by molar-refractivity contribution is 6.32. The number of ether oxygens (including phenoxy) is 1. The molecule has 0 amide bonds. The van der Waals surface area contributed by atoms with Crippen LogP contribution in [0, 0.1) is 0 Å². The summed E-state index contributed by atoms with van der Waals surface area (Å²) in [6.07, 6.45) is 6.76. The van der Waals surface area contributed by atoms with E-state index in [1.165, 1.54) is 44.7 Å². The number of hydrogen-bond acceptors (Lipinski definition) is 6. The van der Waals surface area contributed by atoms with E-state index in [1.54, 1.807) is 13.2 Å². The average molecular weight is 470 g/mol. The van der Waals surface area contributed by atoms with Gasteiger partial charge in [-0.25, -0.2) is 4.98 Å². The third kappa shape index (κ3) is 4.82. The molecule has 2 aliphatic heterocycles. The molecule has 8 heteroatoms. The lowest BCUT2D eigenvalue weighted by Crippen LogP contribution is -2.48. The molecule has 176 valence electrons. The van der Waals surface area contributed by atoms with Crippen LogP contribution in [-0.2, 0) is 6.61 Å². The quantitative estimate of drug-likeness (QED) is 0.572. The van der Waals surface area contributed by atoms with Crippen LogP contribution in [0.4, 0.5) is 5.69 Å². The molecule has 0 spiro atoms. The second-order valence-electron chi connectivity index (χ2n) is 8.96. The summed E-state index contributed by atoms with van der Waals surface area (Å²) < 4.78 is 7.31. The minimum atomic E-state index is -0.107. The van der Waals surface area contributed by atoms with Crippen LogP contribution in [0.2, 0.25) is 5.02 Å². The standard InChI is InChI=1S/C25H32ClN5O2/c1-33-24-14-19(18-32)21(16-22(24)26)23-17-31-7-4-20(15-25(31)27-23)30-12-10-29(11-13-30)9-8-28-5-2-3-6-28/h4,7,14-17,32H,2-3,5-6,8-13,18H2,1H3. The van der Waals surface area contributed by atoms with Crippen LogP contribution in [0.3, 0.4) is 0 Å². The Kier molecular flexibility index (Phi) is 6.74. The summed E-state index contributed by atoms with van der Waals surface area (Å²) in [5.74, 6) is 0.551. The summed E-state index contributed by atoms with van der Waals surface area (Å²) in [5.41, 5.74) is 4.43. The van der Waals surface area contributed by atoms with E-state index in [0.717, 1.165) is 48.6 Å². The number of aromatic nitrogens is 2. The van der Waals surface area contributed by atoms with Crippen molar-refractivity contribution in [3.8, 4) is 17.0 Å². The zero-order valence-corrected chi connectivity index (χ0v) is 20.0. The molecule has 0 radical (unpaired) electrons. The molecule has 1 N–H and O–H groups in total. The Morgan fingerprint density at radius 1 is 1.00 bits per heavy atom. The van der Waals surface area contributed by atoms with Gasteiger partial charge in [0.15, 0.2) is 0 Å². The molecule has 0 atom stereocenters. The zero-order chi connectivity index (χ0) is 22.8. The Morgan fingerprint density at radius 2 is 1.73 bits per heavy atom. The SMILES string of the molecule is COc1cc(CO)c(-c2cn3ccc(N4CCN(CCN5CCCC5)CC4)cc3n2)cc1Cl. The van der Waals surface area contributed by atoms with Crippen LogP contribution in [0.15, 0.2) is 36.7 Å². The number of methoxy groups -OCH3 is 1. The molecule has 5 rings (SSSR count). The second-order valence-corrected chi connectivity index (χ2v) is 9.36. The lowest BCUT2D eigenvalue weighted by atomic mass is 10.1. The lowest BCUT2D eigenvalue weighted by Gasteiger charge is -2.36. The van der Waals surface area contributed by atoms with Gasteiger partial charge >= 0.3 is 0 Å². The van der Waals surface area contributed by atoms with Crippen LogP contribution in [0.5, 0.6) is 5.75 Å². The summed E-state index contributed by atoms with van der Waals surface area (Å²) in [6.45, 7) is 9.08. The number of likely N-dealkylation sites (tertiary alicyclic amines) is 1. The normalized spacial score (nSPS) is 17.8. The summed E-state index contributed by atoms with van der Waals surface area (Å²) in [7, 11) is 1.57. The number of nitrogens with zero attached hydrogens (tertiary/aromatic N) is 5. The van der Waals surface area contributed by atoms with Crippen molar-refractivity contribution in [1.29, 1.82) is 0 Å². The van der Waals surface area contributed by atoms with Gasteiger partial charge in [0.25, 0.3) is 0 Å². The molecule has 0 saturated carbocycles. The molecule has 1 aromatic carbocycles. The van der Waals surface area contributed by atoms with Crippen LogP contribution >= 0.6 is 11.6 Å². The van der Waals surface area contributed by atoms with E-state index in [2.05, 4.69) is 33.0 Å². The molecular weight excluding hydrogens is 438 g/mol. The third-order valence-corrected chi connectivity index (χ3v) is 7.23. The summed E-state index contributed by atoms with van der Waals surface area (Å²) in [5, 5.41) is 10.4. The number of anilines is 1. The number of imidazole rings is 1. The Bertz CT molecular complexity index is 1100. The van der Waals surface area contributed by atoms with Gasteiger partial charge < -0.3 is 24.0 Å². The number of halogens is 1. The number of benzene rings is 1. The monoisotopic (exact) mass is 469 g/mol. The predicted octanol–water partition coefficient (Wildman–Crippen LogP) is 3.37. The van der Waals surface area contributed by atoms with Crippen LogP contribution < -0.4 is 9.64 Å². The van der Waals surface area contributed by atoms with Crippen molar-refractivity contribution in [2.24, 2.45) is 0 Å². The average Bonchev–Trinajstić information content (AvgIpc) is 3.52. The number of aliphatic hydroxyl groups is 1. The minimum absolute atomic E-state index is 0.107. The molecule has 0 unspecified atom stereocenters. The van der Waals surface area contributed by atoms with E-state index in [1.807, 2.05) is 16.7 Å². The van der Waals surface area contributed by atoms with Gasteiger partial charge in [-0.05, 0) is 49.7 Å². The Morgan fingerprint density at radius 3 is 2.42 bits per heavy atom. The molecule has 2 fully saturated rings. The van der Waals surface area contributed by atoms with Crippen LogP contribution in [0.1, 0.15) is 18.4 Å². The van der Waals surface area contributed by atoms with Gasteiger partial charge in [-0.1, -0.05) is 11.6 Å². The molecule has 0 bridgehead atoms. The first-order valence-electron chi connectivity index (χ1n) is 11.8. The smallest absolute Gasteiger partial charge is 0.139 e. The van der Waals surface area contributed by atoms with E-state index >= 15 is 0 Å². The molecule has 3 aromatic rings. The summed E-state index contributed by atoms with van der Waals surface area (Å²) >= 11 is 6.35. The maximum Gasteiger partial charge on any atom is 0.139 e. The topological polar surface area (TPSA) is 56.5 Å². The first-order valence-corrected chi connectivity index (χ1v) is 12.2. The zero-order valence-electron chi connectivity index (χ0n) is 19.2. The van der Waals surface area contributed by atoms with Crippen molar-refractivity contribution < 1.29 is 9.84 Å². The fourth-order valence-electron chi connectivity index (χ4n) is 4.94. The highest BCUT2D eigenvalue weighted by atomic mass is 35.5. The van der Waals surface area contributed by atoms with Gasteiger partial charge in [-0.15, -0.1) is 0 Å². The number of pyridine rings is 1. The maximum atomic E-state index is 9.85. The van der Waals surface area contributed by atoms with Crippen LogP contribution in [-0.4, -0.2) is 83.8 Å². The third-order valence-electron chi connectivity index (χ3n) is 6.94. The second kappa shape index (κ2) is 9.89. The number of aliphatic hydroxyl groups excluding tert-OH is 1. The maximum absolute atomic E-state index is 9.85. The highest BCUT2D eigenvalue weighted by Gasteiger charge is 2.20. The molecule has 2 aliphatic rings. The first-order chi connectivity index (χ1) is 16.1. The largest absolute Gasteiger partial charge is 0.495 e. The van der Waals surface area contributed by atoms with Gasteiger partial charge in [0, 0.05) is 69.0 Å². The first kappa shape index (κ1) is 22.5. The van der Waals surface area contributed by atoms with Crippen molar-refractivity contribution in [3.63, 3.8) is 0 Å².